The van der Waals surface area contributed by atoms with Crippen molar-refractivity contribution in [2.45, 2.75) is 45.1 Å². The highest BCUT2D eigenvalue weighted by molar-refractivity contribution is 5.94. The van der Waals surface area contributed by atoms with Gasteiger partial charge in [-0.3, -0.25) is 4.79 Å². The van der Waals surface area contributed by atoms with Crippen LogP contribution in [0, 0.1) is 5.82 Å². The van der Waals surface area contributed by atoms with Crippen LogP contribution in [-0.4, -0.2) is 40.6 Å². The van der Waals surface area contributed by atoms with Gasteiger partial charge in [-0.2, -0.15) is 0 Å². The van der Waals surface area contributed by atoms with Crippen molar-refractivity contribution >= 4 is 11.9 Å². The van der Waals surface area contributed by atoms with Crippen LogP contribution in [-0.2, 0) is 6.42 Å². The third-order valence-corrected chi connectivity index (χ3v) is 5.45. The highest BCUT2D eigenvalue weighted by atomic mass is 19.1. The van der Waals surface area contributed by atoms with Gasteiger partial charge in [0, 0.05) is 31.1 Å². The molecule has 1 amide bonds. The molecule has 2 aromatic rings. The predicted octanol–water partition coefficient (Wildman–Crippen LogP) is 4.66. The summed E-state index contributed by atoms with van der Waals surface area (Å²) in [6.45, 7) is 5.08. The molecule has 2 aromatic carbocycles. The summed E-state index contributed by atoms with van der Waals surface area (Å²) in [5, 5.41) is 9.39. The van der Waals surface area contributed by atoms with Gasteiger partial charge >= 0.3 is 5.97 Å². The van der Waals surface area contributed by atoms with E-state index in [1.54, 1.807) is 4.90 Å². The number of carbonyl (C=O) groups excluding carboxylic acids is 1. The molecule has 6 nitrogen and oxygen atoms in total. The predicted molar refractivity (Wildman–Crippen MR) is 108 cm³/mol. The molecule has 158 valence electrons. The first kappa shape index (κ1) is 20.2. The van der Waals surface area contributed by atoms with Gasteiger partial charge in [-0.1, -0.05) is 0 Å². The number of carbonyl (C=O) groups is 2. The van der Waals surface area contributed by atoms with Gasteiger partial charge in [0.05, 0.1) is 11.1 Å². The Hall–Kier alpha value is -3.09. The Kier molecular flexibility index (Phi) is 5.13. The van der Waals surface area contributed by atoms with Crippen LogP contribution in [0.3, 0.4) is 0 Å². The van der Waals surface area contributed by atoms with E-state index < -0.39 is 17.4 Å². The number of fused-ring (bicyclic) bond motifs is 1. The molecule has 2 heterocycles. The molecule has 0 bridgehead atoms. The average Bonchev–Trinajstić information content (AvgIpc) is 3.02. The lowest BCUT2D eigenvalue weighted by molar-refractivity contribution is 0.0692. The summed E-state index contributed by atoms with van der Waals surface area (Å²) >= 11 is 0. The first-order valence-corrected chi connectivity index (χ1v) is 10.1. The molecular weight excluding hydrogens is 389 g/mol. The van der Waals surface area contributed by atoms with E-state index in [0.29, 0.717) is 31.0 Å². The first-order chi connectivity index (χ1) is 14.2. The molecule has 0 spiro atoms. The number of piperidine rings is 1. The number of likely N-dealkylation sites (tertiary alicyclic amines) is 1. The number of carboxylic acids is 1. The van der Waals surface area contributed by atoms with E-state index in [4.69, 9.17) is 9.47 Å². The lowest BCUT2D eigenvalue weighted by Gasteiger charge is -2.26. The van der Waals surface area contributed by atoms with Crippen molar-refractivity contribution in [2.24, 2.45) is 0 Å². The Morgan fingerprint density at radius 3 is 2.53 bits per heavy atom. The summed E-state index contributed by atoms with van der Waals surface area (Å²) in [4.78, 5) is 25.7. The Morgan fingerprint density at radius 2 is 1.87 bits per heavy atom. The molecule has 2 aliphatic heterocycles. The Balaban J connectivity index is 1.61. The normalized spacial score (nSPS) is 17.2. The second-order valence-corrected chi connectivity index (χ2v) is 8.39. The number of hydrogen-bond acceptors (Lipinski definition) is 4. The fourth-order valence-corrected chi connectivity index (χ4v) is 3.99. The van der Waals surface area contributed by atoms with Crippen molar-refractivity contribution in [3.63, 3.8) is 0 Å². The molecule has 0 atom stereocenters. The van der Waals surface area contributed by atoms with Crippen LogP contribution in [0.15, 0.2) is 30.3 Å². The van der Waals surface area contributed by atoms with Crippen molar-refractivity contribution in [1.82, 2.24) is 4.90 Å². The monoisotopic (exact) mass is 413 g/mol. The number of ether oxygens (including phenoxy) is 2. The second kappa shape index (κ2) is 7.63. The van der Waals surface area contributed by atoms with Crippen LogP contribution >= 0.6 is 0 Å². The van der Waals surface area contributed by atoms with Crippen LogP contribution in [0.2, 0.25) is 0 Å². The molecule has 0 aliphatic carbocycles. The van der Waals surface area contributed by atoms with Gasteiger partial charge in [-0.05, 0) is 57.4 Å². The van der Waals surface area contributed by atoms with Gasteiger partial charge in [0.2, 0.25) is 0 Å². The van der Waals surface area contributed by atoms with E-state index >= 15 is 0 Å². The molecule has 1 saturated heterocycles. The maximum Gasteiger partial charge on any atom is 0.335 e. The van der Waals surface area contributed by atoms with Crippen LogP contribution in [0.1, 0.15) is 59.4 Å². The third-order valence-electron chi connectivity index (χ3n) is 5.45. The number of rotatable bonds is 4. The molecule has 30 heavy (non-hydrogen) atoms. The largest absolute Gasteiger partial charge is 0.487 e. The van der Waals surface area contributed by atoms with Gasteiger partial charge in [0.15, 0.2) is 0 Å². The summed E-state index contributed by atoms with van der Waals surface area (Å²) in [5.74, 6) is -1.13. The molecular formula is C23H24FNO5. The SMILES string of the molecule is CC1(C)Cc2c(Oc3ccc(C(=O)N4CCCCC4)c(F)c3)cc(C(=O)O)cc2O1. The van der Waals surface area contributed by atoms with Crippen molar-refractivity contribution in [3.8, 4) is 17.2 Å². The summed E-state index contributed by atoms with van der Waals surface area (Å²) in [6.07, 6.45) is 3.47. The lowest BCUT2D eigenvalue weighted by Crippen LogP contribution is -2.36. The smallest absolute Gasteiger partial charge is 0.335 e. The minimum atomic E-state index is -1.11. The van der Waals surface area contributed by atoms with Crippen molar-refractivity contribution < 1.29 is 28.6 Å². The summed E-state index contributed by atoms with van der Waals surface area (Å²) in [7, 11) is 0. The molecule has 0 aromatic heterocycles. The molecule has 2 aliphatic rings. The van der Waals surface area contributed by atoms with E-state index in [-0.39, 0.29) is 22.8 Å². The second-order valence-electron chi connectivity index (χ2n) is 8.39. The van der Waals surface area contributed by atoms with Crippen molar-refractivity contribution in [2.75, 3.05) is 13.1 Å². The van der Waals surface area contributed by atoms with Gasteiger partial charge < -0.3 is 19.5 Å². The highest BCUT2D eigenvalue weighted by Gasteiger charge is 2.34. The Morgan fingerprint density at radius 1 is 1.13 bits per heavy atom. The van der Waals surface area contributed by atoms with E-state index in [9.17, 15) is 19.1 Å². The van der Waals surface area contributed by atoms with Crippen molar-refractivity contribution in [3.05, 3.63) is 52.8 Å². The number of amides is 1. The van der Waals surface area contributed by atoms with Gasteiger partial charge in [-0.25, -0.2) is 9.18 Å². The summed E-state index contributed by atoms with van der Waals surface area (Å²) in [6, 6.07) is 7.00. The highest BCUT2D eigenvalue weighted by Crippen LogP contribution is 2.43. The minimum Gasteiger partial charge on any atom is -0.487 e. The standard InChI is InChI=1S/C23H24FNO5/c1-23(2)13-17-19(10-14(22(27)28)11-20(17)30-23)29-15-6-7-16(18(24)12-15)21(26)25-8-4-3-5-9-25/h6-7,10-12H,3-5,8-9,13H2,1-2H3,(H,27,28). The van der Waals surface area contributed by atoms with Gasteiger partial charge in [0.1, 0.15) is 28.7 Å². The minimum absolute atomic E-state index is 0.0123. The van der Waals surface area contributed by atoms with Crippen LogP contribution in [0.25, 0.3) is 0 Å². The quantitative estimate of drug-likeness (QED) is 0.789. The molecule has 7 heteroatoms. The molecule has 0 saturated carbocycles. The fourth-order valence-electron chi connectivity index (χ4n) is 3.99. The Bertz CT molecular complexity index is 1010. The summed E-state index contributed by atoms with van der Waals surface area (Å²) in [5.41, 5.74) is 0.281. The number of aromatic carboxylic acids is 1. The van der Waals surface area contributed by atoms with E-state index in [1.807, 2.05) is 13.8 Å². The summed E-state index contributed by atoms with van der Waals surface area (Å²) < 4.78 is 26.4. The van der Waals surface area contributed by atoms with Gasteiger partial charge in [-0.15, -0.1) is 0 Å². The number of hydrogen-bond donors (Lipinski definition) is 1. The average molecular weight is 413 g/mol. The zero-order chi connectivity index (χ0) is 21.5. The van der Waals surface area contributed by atoms with E-state index in [0.717, 1.165) is 30.9 Å². The zero-order valence-electron chi connectivity index (χ0n) is 17.0. The number of benzene rings is 2. The first-order valence-electron chi connectivity index (χ1n) is 10.1. The molecule has 1 N–H and O–H groups in total. The third kappa shape index (κ3) is 3.97. The molecule has 4 rings (SSSR count). The zero-order valence-corrected chi connectivity index (χ0v) is 17.0. The maximum atomic E-state index is 14.7. The number of halogens is 1. The molecule has 0 unspecified atom stereocenters. The Labute approximate surface area is 174 Å². The molecule has 0 radical (unpaired) electrons. The van der Waals surface area contributed by atoms with Crippen LogP contribution < -0.4 is 9.47 Å². The van der Waals surface area contributed by atoms with Gasteiger partial charge in [0.25, 0.3) is 5.91 Å². The maximum absolute atomic E-state index is 14.7. The molecule has 1 fully saturated rings. The van der Waals surface area contributed by atoms with E-state index in [2.05, 4.69) is 0 Å². The van der Waals surface area contributed by atoms with E-state index in [1.165, 1.54) is 24.3 Å². The number of carboxylic acid groups (broad SMARTS) is 1. The van der Waals surface area contributed by atoms with Crippen LogP contribution in [0.4, 0.5) is 4.39 Å². The lowest BCUT2D eigenvalue weighted by atomic mass is 10.00. The number of nitrogens with zero attached hydrogens (tertiary/aromatic N) is 1. The van der Waals surface area contributed by atoms with Crippen molar-refractivity contribution in [1.29, 1.82) is 0 Å². The van der Waals surface area contributed by atoms with Crippen LogP contribution in [0.5, 0.6) is 17.2 Å². The fraction of sp³-hybridized carbons (Fsp3) is 0.391. The topological polar surface area (TPSA) is 76.1 Å².